The first-order valence-electron chi connectivity index (χ1n) is 10.3. The molecule has 1 aromatic carbocycles. The van der Waals surface area contributed by atoms with E-state index in [1.165, 1.54) is 6.07 Å². The van der Waals surface area contributed by atoms with Crippen molar-refractivity contribution in [3.05, 3.63) is 65.5 Å². The molecule has 0 spiro atoms. The first-order valence-corrected chi connectivity index (χ1v) is 10.3. The highest BCUT2D eigenvalue weighted by atomic mass is 19.4. The number of nitriles is 1. The van der Waals surface area contributed by atoms with Gasteiger partial charge in [-0.05, 0) is 43.7 Å². The number of pyridine rings is 1. The van der Waals surface area contributed by atoms with E-state index >= 15 is 0 Å². The minimum Gasteiger partial charge on any atom is -0.351 e. The normalized spacial score (nSPS) is 19.7. The summed E-state index contributed by atoms with van der Waals surface area (Å²) in [6.07, 6.45) is -1.68. The van der Waals surface area contributed by atoms with Crippen molar-refractivity contribution in [2.45, 2.75) is 38.7 Å². The molecule has 2 atom stereocenters. The van der Waals surface area contributed by atoms with Gasteiger partial charge in [0.25, 0.3) is 0 Å². The quantitative estimate of drug-likeness (QED) is 0.649. The van der Waals surface area contributed by atoms with E-state index in [9.17, 15) is 13.2 Å². The van der Waals surface area contributed by atoms with E-state index in [4.69, 9.17) is 5.26 Å². The summed E-state index contributed by atoms with van der Waals surface area (Å²) in [5.74, 6) is 0.554. The van der Waals surface area contributed by atoms with Gasteiger partial charge in [-0.2, -0.15) is 23.5 Å². The number of hydrogen-bond acceptors (Lipinski definition) is 5. The lowest BCUT2D eigenvalue weighted by Crippen LogP contribution is -2.56. The number of alkyl halides is 3. The maximum atomic E-state index is 12.8. The predicted octanol–water partition coefficient (Wildman–Crippen LogP) is 4.46. The van der Waals surface area contributed by atoms with Crippen LogP contribution in [-0.4, -0.2) is 45.3 Å². The highest BCUT2D eigenvalue weighted by Crippen LogP contribution is 2.31. The molecule has 1 saturated heterocycles. The number of aromatic amines is 1. The van der Waals surface area contributed by atoms with Crippen LogP contribution >= 0.6 is 0 Å². The lowest BCUT2D eigenvalue weighted by molar-refractivity contribution is -0.137. The van der Waals surface area contributed by atoms with E-state index in [0.717, 1.165) is 35.6 Å². The van der Waals surface area contributed by atoms with Crippen LogP contribution in [-0.2, 0) is 12.7 Å². The van der Waals surface area contributed by atoms with Gasteiger partial charge in [-0.1, -0.05) is 12.1 Å². The van der Waals surface area contributed by atoms with Gasteiger partial charge in [0, 0.05) is 43.5 Å². The number of nitrogens with zero attached hydrogens (tertiary/aromatic N) is 5. The minimum absolute atomic E-state index is 0.0840. The second-order valence-corrected chi connectivity index (χ2v) is 8.14. The molecular formula is C23H23F3N6. The molecule has 3 heterocycles. The van der Waals surface area contributed by atoms with Crippen LogP contribution in [0.5, 0.6) is 0 Å². The topological polar surface area (TPSA) is 71.8 Å². The zero-order chi connectivity index (χ0) is 22.9. The van der Waals surface area contributed by atoms with Crippen LogP contribution in [0, 0.1) is 11.3 Å². The van der Waals surface area contributed by atoms with Gasteiger partial charge in [-0.3, -0.25) is 10.00 Å². The summed E-state index contributed by atoms with van der Waals surface area (Å²) in [5, 5.41) is 16.3. The molecule has 9 heteroatoms. The number of halogens is 3. The third kappa shape index (κ3) is 4.46. The lowest BCUT2D eigenvalue weighted by atomic mass is 10.0. The summed E-state index contributed by atoms with van der Waals surface area (Å²) in [6, 6.07) is 12.3. The third-order valence-electron chi connectivity index (χ3n) is 5.88. The zero-order valence-corrected chi connectivity index (χ0v) is 17.8. The minimum atomic E-state index is -4.39. The third-order valence-corrected chi connectivity index (χ3v) is 5.88. The summed E-state index contributed by atoms with van der Waals surface area (Å²) in [6.45, 7) is 6.23. The smallest absolute Gasteiger partial charge is 0.351 e. The van der Waals surface area contributed by atoms with Crippen molar-refractivity contribution in [3.8, 4) is 17.3 Å². The Kier molecular flexibility index (Phi) is 5.89. The fraction of sp³-hybridized carbons (Fsp3) is 0.348. The van der Waals surface area contributed by atoms with Crippen molar-refractivity contribution in [1.82, 2.24) is 20.1 Å². The molecule has 0 amide bonds. The van der Waals surface area contributed by atoms with E-state index in [2.05, 4.69) is 44.9 Å². The molecule has 1 aliphatic heterocycles. The number of aromatic nitrogens is 3. The average molecular weight is 440 g/mol. The largest absolute Gasteiger partial charge is 0.417 e. The Labute approximate surface area is 184 Å². The molecule has 2 unspecified atom stereocenters. The van der Waals surface area contributed by atoms with Crippen molar-refractivity contribution >= 4 is 5.82 Å². The monoisotopic (exact) mass is 440 g/mol. The van der Waals surface area contributed by atoms with Crippen LogP contribution in [0.2, 0.25) is 0 Å². The molecule has 0 bridgehead atoms. The summed E-state index contributed by atoms with van der Waals surface area (Å²) >= 11 is 0. The molecular weight excluding hydrogens is 417 g/mol. The average Bonchev–Trinajstić information content (AvgIpc) is 3.24. The molecule has 2 aromatic heterocycles. The Balaban J connectivity index is 1.47. The molecule has 0 saturated carbocycles. The van der Waals surface area contributed by atoms with Crippen molar-refractivity contribution in [1.29, 1.82) is 5.26 Å². The summed E-state index contributed by atoms with van der Waals surface area (Å²) in [7, 11) is 0. The number of nitrogens with one attached hydrogen (secondary N) is 1. The first kappa shape index (κ1) is 21.8. The molecule has 1 aliphatic rings. The Morgan fingerprint density at radius 3 is 2.44 bits per heavy atom. The van der Waals surface area contributed by atoms with E-state index in [1.807, 2.05) is 18.3 Å². The van der Waals surface area contributed by atoms with Crippen LogP contribution < -0.4 is 4.90 Å². The molecule has 4 rings (SSSR count). The van der Waals surface area contributed by atoms with Crippen LogP contribution in [0.15, 0.2) is 48.8 Å². The van der Waals surface area contributed by atoms with E-state index < -0.39 is 11.7 Å². The molecule has 166 valence electrons. The van der Waals surface area contributed by atoms with Crippen molar-refractivity contribution in [2.24, 2.45) is 0 Å². The van der Waals surface area contributed by atoms with Gasteiger partial charge in [0.05, 0.1) is 29.1 Å². The lowest BCUT2D eigenvalue weighted by Gasteiger charge is -2.44. The van der Waals surface area contributed by atoms with Gasteiger partial charge in [-0.25, -0.2) is 4.98 Å². The van der Waals surface area contributed by atoms with E-state index in [-0.39, 0.29) is 12.1 Å². The Bertz CT molecular complexity index is 1100. The predicted molar refractivity (Wildman–Crippen MR) is 115 cm³/mol. The second-order valence-electron chi connectivity index (χ2n) is 8.14. The fourth-order valence-corrected chi connectivity index (χ4v) is 4.07. The Hall–Kier alpha value is -3.38. The fourth-order valence-electron chi connectivity index (χ4n) is 4.07. The molecule has 6 nitrogen and oxygen atoms in total. The highest BCUT2D eigenvalue weighted by Gasteiger charge is 2.33. The zero-order valence-electron chi connectivity index (χ0n) is 17.8. The molecule has 1 fully saturated rings. The number of piperazine rings is 1. The van der Waals surface area contributed by atoms with E-state index in [0.29, 0.717) is 24.5 Å². The van der Waals surface area contributed by atoms with Gasteiger partial charge in [0.15, 0.2) is 0 Å². The van der Waals surface area contributed by atoms with Gasteiger partial charge in [0.2, 0.25) is 0 Å². The summed E-state index contributed by atoms with van der Waals surface area (Å²) < 4.78 is 38.5. The SMILES string of the molecule is CC1CN(c2ccc(C(F)(F)F)cn2)C(C)CN1Cc1cn[nH]c1-c1ccc(C#N)cc1. The number of hydrogen-bond donors (Lipinski definition) is 1. The van der Waals surface area contributed by atoms with Gasteiger partial charge < -0.3 is 4.90 Å². The van der Waals surface area contributed by atoms with Crippen LogP contribution in [0.4, 0.5) is 19.0 Å². The summed E-state index contributed by atoms with van der Waals surface area (Å²) in [4.78, 5) is 8.46. The Morgan fingerprint density at radius 2 is 1.81 bits per heavy atom. The number of benzene rings is 1. The Morgan fingerprint density at radius 1 is 1.06 bits per heavy atom. The maximum absolute atomic E-state index is 12.8. The standard InChI is InChI=1S/C23H23F3N6/c1-15-13-32(21-8-7-20(11-28-21)23(24,25)26)16(2)12-31(15)14-19-10-29-30-22(19)18-5-3-17(9-27)4-6-18/h3-8,10-11,15-16H,12-14H2,1-2H3,(H,29,30). The molecule has 1 N–H and O–H groups in total. The molecule has 0 aliphatic carbocycles. The van der Waals surface area contributed by atoms with Crippen LogP contribution in [0.25, 0.3) is 11.3 Å². The van der Waals surface area contributed by atoms with Gasteiger partial charge >= 0.3 is 6.18 Å². The number of rotatable bonds is 4. The van der Waals surface area contributed by atoms with Crippen LogP contribution in [0.3, 0.4) is 0 Å². The van der Waals surface area contributed by atoms with E-state index in [1.54, 1.807) is 12.1 Å². The second kappa shape index (κ2) is 8.63. The number of H-pyrrole nitrogens is 1. The van der Waals surface area contributed by atoms with Crippen molar-refractivity contribution < 1.29 is 13.2 Å². The van der Waals surface area contributed by atoms with Crippen molar-refractivity contribution in [2.75, 3.05) is 18.0 Å². The maximum Gasteiger partial charge on any atom is 0.417 e. The first-order chi connectivity index (χ1) is 15.3. The molecule has 32 heavy (non-hydrogen) atoms. The highest BCUT2D eigenvalue weighted by molar-refractivity contribution is 5.63. The van der Waals surface area contributed by atoms with Gasteiger partial charge in [0.1, 0.15) is 5.82 Å². The van der Waals surface area contributed by atoms with Gasteiger partial charge in [-0.15, -0.1) is 0 Å². The molecule has 0 radical (unpaired) electrons. The van der Waals surface area contributed by atoms with Crippen LogP contribution in [0.1, 0.15) is 30.5 Å². The summed E-state index contributed by atoms with van der Waals surface area (Å²) in [5.41, 5.74) is 2.79. The number of anilines is 1. The molecule has 3 aromatic rings. The van der Waals surface area contributed by atoms with Crippen molar-refractivity contribution in [3.63, 3.8) is 0 Å².